The number of aromatic nitrogens is 2. The normalized spacial score (nSPS) is 10.1. The smallest absolute Gasteiger partial charge is 0.315 e. The molecule has 0 unspecified atom stereocenters. The Morgan fingerprint density at radius 2 is 2.04 bits per heavy atom. The molecule has 2 heterocycles. The number of H-pyrrole nitrogens is 1. The van der Waals surface area contributed by atoms with E-state index < -0.39 is 0 Å². The molecule has 4 N–H and O–H groups in total. The van der Waals surface area contributed by atoms with Crippen molar-refractivity contribution < 1.29 is 9.59 Å². The van der Waals surface area contributed by atoms with Crippen molar-refractivity contribution in [2.75, 3.05) is 5.32 Å². The van der Waals surface area contributed by atoms with Gasteiger partial charge in [0.2, 0.25) is 0 Å². The minimum absolute atomic E-state index is 0.311. The summed E-state index contributed by atoms with van der Waals surface area (Å²) < 4.78 is 0. The van der Waals surface area contributed by atoms with Gasteiger partial charge in [-0.2, -0.15) is 0 Å². The van der Waals surface area contributed by atoms with Crippen LogP contribution in [0.3, 0.4) is 0 Å². The molecule has 142 valence electrons. The van der Waals surface area contributed by atoms with Gasteiger partial charge in [0, 0.05) is 36.6 Å². The lowest BCUT2D eigenvalue weighted by Gasteiger charge is -2.10. The number of carbonyl (C=O) groups is 2. The first kappa shape index (κ1) is 19.3. The number of hydrogen-bond acceptors (Lipinski definition) is 3. The van der Waals surface area contributed by atoms with Gasteiger partial charge in [0.05, 0.1) is 5.02 Å². The molecule has 0 saturated heterocycles. The van der Waals surface area contributed by atoms with Crippen LogP contribution >= 0.6 is 11.6 Å². The third-order valence-electron chi connectivity index (χ3n) is 3.93. The van der Waals surface area contributed by atoms with E-state index in [9.17, 15) is 9.59 Å². The van der Waals surface area contributed by atoms with Gasteiger partial charge in [0.1, 0.15) is 5.65 Å². The van der Waals surface area contributed by atoms with Gasteiger partial charge in [-0.05, 0) is 42.2 Å². The standard InChI is InChI=1S/C20H18ClN5O2/c1-2-4-17(27)26-15-6-3-5-13(9-15)10-24-20(28)25-11-14-7-8-22-19-18(14)16(21)12-23-19/h3,5-9,12H,10-11H2,1H3,(H,22,23)(H,26,27)(H2,24,25,28). The van der Waals surface area contributed by atoms with Crippen LogP contribution in [-0.2, 0) is 17.9 Å². The summed E-state index contributed by atoms with van der Waals surface area (Å²) in [6, 6.07) is 8.69. The summed E-state index contributed by atoms with van der Waals surface area (Å²) in [5, 5.41) is 9.62. The second-order valence-electron chi connectivity index (χ2n) is 5.90. The molecule has 2 aromatic heterocycles. The highest BCUT2D eigenvalue weighted by atomic mass is 35.5. The van der Waals surface area contributed by atoms with Crippen LogP contribution in [0.1, 0.15) is 18.1 Å². The number of rotatable bonds is 5. The second kappa shape index (κ2) is 8.93. The zero-order valence-electron chi connectivity index (χ0n) is 15.1. The Balaban J connectivity index is 1.55. The molecular weight excluding hydrogens is 378 g/mol. The van der Waals surface area contributed by atoms with Crippen molar-refractivity contribution in [3.8, 4) is 11.8 Å². The summed E-state index contributed by atoms with van der Waals surface area (Å²) in [4.78, 5) is 30.8. The van der Waals surface area contributed by atoms with Gasteiger partial charge in [-0.1, -0.05) is 29.7 Å². The summed E-state index contributed by atoms with van der Waals surface area (Å²) in [5.41, 5.74) is 3.01. The van der Waals surface area contributed by atoms with Gasteiger partial charge in [-0.15, -0.1) is 0 Å². The molecule has 3 rings (SSSR count). The minimum Gasteiger partial charge on any atom is -0.345 e. The van der Waals surface area contributed by atoms with Crippen molar-refractivity contribution in [3.63, 3.8) is 0 Å². The first-order valence-corrected chi connectivity index (χ1v) is 8.89. The first-order valence-electron chi connectivity index (χ1n) is 8.51. The third kappa shape index (κ3) is 4.81. The third-order valence-corrected chi connectivity index (χ3v) is 4.23. The lowest BCUT2D eigenvalue weighted by Crippen LogP contribution is -2.34. The van der Waals surface area contributed by atoms with Crippen molar-refractivity contribution in [1.29, 1.82) is 0 Å². The molecule has 3 amide bonds. The first-order chi connectivity index (χ1) is 13.6. The Hall–Kier alpha value is -3.50. The maximum absolute atomic E-state index is 12.1. The largest absolute Gasteiger partial charge is 0.345 e. The fourth-order valence-corrected chi connectivity index (χ4v) is 2.95. The summed E-state index contributed by atoms with van der Waals surface area (Å²) in [6.45, 7) is 2.22. The lowest BCUT2D eigenvalue weighted by atomic mass is 10.2. The average molecular weight is 396 g/mol. The fraction of sp³-hybridized carbons (Fsp3) is 0.150. The molecular formula is C20H18ClN5O2. The Labute approximate surface area is 166 Å². The van der Waals surface area contributed by atoms with Crippen LogP contribution < -0.4 is 16.0 Å². The van der Waals surface area contributed by atoms with Crippen molar-refractivity contribution in [3.05, 3.63) is 58.9 Å². The number of benzene rings is 1. The molecule has 3 aromatic rings. The van der Waals surface area contributed by atoms with Crippen molar-refractivity contribution in [2.45, 2.75) is 20.0 Å². The topological polar surface area (TPSA) is 98.9 Å². The van der Waals surface area contributed by atoms with Crippen molar-refractivity contribution in [1.82, 2.24) is 20.6 Å². The van der Waals surface area contributed by atoms with E-state index in [1.54, 1.807) is 37.5 Å². The average Bonchev–Trinajstić information content (AvgIpc) is 3.07. The highest BCUT2D eigenvalue weighted by Gasteiger charge is 2.09. The van der Waals surface area contributed by atoms with E-state index in [1.807, 2.05) is 12.1 Å². The monoisotopic (exact) mass is 395 g/mol. The van der Waals surface area contributed by atoms with Gasteiger partial charge in [-0.25, -0.2) is 9.78 Å². The number of hydrogen-bond donors (Lipinski definition) is 4. The molecule has 1 aromatic carbocycles. The molecule has 0 atom stereocenters. The van der Waals surface area contributed by atoms with Crippen LogP contribution in [0.15, 0.2) is 42.7 Å². The van der Waals surface area contributed by atoms with E-state index in [0.29, 0.717) is 29.4 Å². The van der Waals surface area contributed by atoms with Gasteiger partial charge < -0.3 is 20.9 Å². The van der Waals surface area contributed by atoms with Crippen LogP contribution in [0.5, 0.6) is 0 Å². The van der Waals surface area contributed by atoms with Gasteiger partial charge in [-0.3, -0.25) is 4.79 Å². The molecule has 0 aliphatic carbocycles. The lowest BCUT2D eigenvalue weighted by molar-refractivity contribution is -0.111. The number of pyridine rings is 1. The van der Waals surface area contributed by atoms with Crippen LogP contribution in [0.4, 0.5) is 10.5 Å². The number of aromatic amines is 1. The molecule has 8 heteroatoms. The summed E-state index contributed by atoms with van der Waals surface area (Å²) in [7, 11) is 0. The summed E-state index contributed by atoms with van der Waals surface area (Å²) in [5.74, 6) is 4.58. The number of nitrogens with zero attached hydrogens (tertiary/aromatic N) is 1. The molecule has 0 aliphatic rings. The van der Waals surface area contributed by atoms with Crippen molar-refractivity contribution in [2.24, 2.45) is 0 Å². The van der Waals surface area contributed by atoms with E-state index in [2.05, 4.69) is 37.8 Å². The number of carbonyl (C=O) groups excluding carboxylic acids is 2. The van der Waals surface area contributed by atoms with E-state index in [4.69, 9.17) is 11.6 Å². The Morgan fingerprint density at radius 3 is 2.86 bits per heavy atom. The number of anilines is 1. The van der Waals surface area contributed by atoms with Gasteiger partial charge >= 0.3 is 6.03 Å². The molecule has 0 bridgehead atoms. The van der Waals surface area contributed by atoms with E-state index >= 15 is 0 Å². The predicted molar refractivity (Wildman–Crippen MR) is 109 cm³/mol. The minimum atomic E-state index is -0.377. The van der Waals surface area contributed by atoms with Crippen LogP contribution in [0, 0.1) is 11.8 Å². The number of urea groups is 1. The summed E-state index contributed by atoms with van der Waals surface area (Å²) in [6.07, 6.45) is 3.33. The zero-order valence-corrected chi connectivity index (χ0v) is 15.9. The maximum atomic E-state index is 12.1. The van der Waals surface area contributed by atoms with Crippen LogP contribution in [0.2, 0.25) is 5.02 Å². The SMILES string of the molecule is CC#CC(=O)Nc1cccc(CNC(=O)NCc2ccnc3[nH]cc(Cl)c23)c1. The number of halogens is 1. The fourth-order valence-electron chi connectivity index (χ4n) is 2.68. The van der Waals surface area contributed by atoms with E-state index in [1.165, 1.54) is 0 Å². The molecule has 28 heavy (non-hydrogen) atoms. The van der Waals surface area contributed by atoms with Gasteiger partial charge in [0.15, 0.2) is 0 Å². The Kier molecular flexibility index (Phi) is 6.14. The second-order valence-corrected chi connectivity index (χ2v) is 6.30. The van der Waals surface area contributed by atoms with Gasteiger partial charge in [0.25, 0.3) is 5.91 Å². The van der Waals surface area contributed by atoms with E-state index in [0.717, 1.165) is 16.5 Å². The number of fused-ring (bicyclic) bond motifs is 1. The molecule has 0 radical (unpaired) electrons. The highest BCUT2D eigenvalue weighted by molar-refractivity contribution is 6.35. The highest BCUT2D eigenvalue weighted by Crippen LogP contribution is 2.24. The molecule has 0 saturated carbocycles. The number of nitrogens with one attached hydrogen (secondary N) is 4. The van der Waals surface area contributed by atoms with Crippen LogP contribution in [0.25, 0.3) is 11.0 Å². The Bertz CT molecular complexity index is 1080. The van der Waals surface area contributed by atoms with Crippen molar-refractivity contribution >= 4 is 40.3 Å². The van der Waals surface area contributed by atoms with Crippen LogP contribution in [-0.4, -0.2) is 21.9 Å². The quantitative estimate of drug-likeness (QED) is 0.499. The molecule has 0 spiro atoms. The summed E-state index contributed by atoms with van der Waals surface area (Å²) >= 11 is 6.17. The molecule has 0 fully saturated rings. The maximum Gasteiger partial charge on any atom is 0.315 e. The van der Waals surface area contributed by atoms with E-state index in [-0.39, 0.29) is 11.9 Å². The molecule has 7 nitrogen and oxygen atoms in total. The molecule has 0 aliphatic heterocycles. The zero-order chi connectivity index (χ0) is 19.9. The predicted octanol–water partition coefficient (Wildman–Crippen LogP) is 3.18. The number of amides is 3. The Morgan fingerprint density at radius 1 is 1.21 bits per heavy atom.